The first-order chi connectivity index (χ1) is 8.13. The van der Waals surface area contributed by atoms with Gasteiger partial charge < -0.3 is 14.7 Å². The van der Waals surface area contributed by atoms with Crippen molar-refractivity contribution in [2.24, 2.45) is 0 Å². The first-order valence-corrected chi connectivity index (χ1v) is 5.73. The van der Waals surface area contributed by atoms with Crippen molar-refractivity contribution in [1.29, 1.82) is 0 Å². The normalized spacial score (nSPS) is 15.8. The Morgan fingerprint density at radius 2 is 2.35 bits per heavy atom. The standard InChI is InChI=1S/C13H17NO3/c1-9(13(15)16)14-6-5-11-4-3-10(8-17-2)7-12(11)14/h3-4,7,9H,5-6,8H2,1-2H3,(H,15,16). The average molecular weight is 235 g/mol. The molecule has 0 aliphatic carbocycles. The molecule has 17 heavy (non-hydrogen) atoms. The van der Waals surface area contributed by atoms with E-state index in [1.54, 1.807) is 14.0 Å². The molecule has 1 unspecified atom stereocenters. The van der Waals surface area contributed by atoms with Crippen molar-refractivity contribution >= 4 is 11.7 Å². The van der Waals surface area contributed by atoms with Gasteiger partial charge in [-0.3, -0.25) is 0 Å². The van der Waals surface area contributed by atoms with Gasteiger partial charge in [0.05, 0.1) is 6.61 Å². The van der Waals surface area contributed by atoms with Crippen LogP contribution in [0.25, 0.3) is 0 Å². The fourth-order valence-corrected chi connectivity index (χ4v) is 2.24. The van der Waals surface area contributed by atoms with E-state index >= 15 is 0 Å². The minimum Gasteiger partial charge on any atom is -0.480 e. The zero-order valence-electron chi connectivity index (χ0n) is 10.1. The van der Waals surface area contributed by atoms with Gasteiger partial charge in [0.1, 0.15) is 6.04 Å². The van der Waals surface area contributed by atoms with Gasteiger partial charge in [-0.25, -0.2) is 4.79 Å². The number of hydrogen-bond acceptors (Lipinski definition) is 3. The zero-order valence-corrected chi connectivity index (χ0v) is 10.1. The predicted octanol–water partition coefficient (Wildman–Crippen LogP) is 1.67. The smallest absolute Gasteiger partial charge is 0.326 e. The van der Waals surface area contributed by atoms with Gasteiger partial charge in [0, 0.05) is 19.3 Å². The molecule has 92 valence electrons. The Kier molecular flexibility index (Phi) is 3.33. The van der Waals surface area contributed by atoms with E-state index in [-0.39, 0.29) is 0 Å². The Bertz CT molecular complexity index is 431. The number of carboxylic acid groups (broad SMARTS) is 1. The number of nitrogens with zero attached hydrogens (tertiary/aromatic N) is 1. The van der Waals surface area contributed by atoms with Crippen molar-refractivity contribution in [1.82, 2.24) is 0 Å². The molecular weight excluding hydrogens is 218 g/mol. The number of ether oxygens (including phenoxy) is 1. The number of anilines is 1. The first kappa shape index (κ1) is 11.9. The highest BCUT2D eigenvalue weighted by Crippen LogP contribution is 2.30. The van der Waals surface area contributed by atoms with E-state index in [0.717, 1.165) is 24.2 Å². The molecule has 0 saturated carbocycles. The van der Waals surface area contributed by atoms with Gasteiger partial charge in [-0.15, -0.1) is 0 Å². The topological polar surface area (TPSA) is 49.8 Å². The van der Waals surface area contributed by atoms with Crippen LogP contribution in [-0.4, -0.2) is 30.8 Å². The lowest BCUT2D eigenvalue weighted by Gasteiger charge is -2.24. The lowest BCUT2D eigenvalue weighted by Crippen LogP contribution is -2.37. The lowest BCUT2D eigenvalue weighted by molar-refractivity contribution is -0.138. The maximum atomic E-state index is 11.0. The summed E-state index contributed by atoms with van der Waals surface area (Å²) >= 11 is 0. The summed E-state index contributed by atoms with van der Waals surface area (Å²) in [6, 6.07) is 5.66. The van der Waals surface area contributed by atoms with Crippen molar-refractivity contribution in [2.45, 2.75) is 26.0 Å². The van der Waals surface area contributed by atoms with Crippen molar-refractivity contribution < 1.29 is 14.6 Å². The molecule has 4 heteroatoms. The molecule has 0 aromatic heterocycles. The van der Waals surface area contributed by atoms with E-state index < -0.39 is 12.0 Å². The van der Waals surface area contributed by atoms with Crippen LogP contribution in [0.2, 0.25) is 0 Å². The zero-order chi connectivity index (χ0) is 12.4. The Hall–Kier alpha value is -1.55. The molecule has 1 N–H and O–H groups in total. The van der Waals surface area contributed by atoms with Crippen LogP contribution in [0.15, 0.2) is 18.2 Å². The maximum Gasteiger partial charge on any atom is 0.326 e. The van der Waals surface area contributed by atoms with E-state index in [1.165, 1.54) is 5.56 Å². The fourth-order valence-electron chi connectivity index (χ4n) is 2.24. The molecule has 1 aromatic carbocycles. The van der Waals surface area contributed by atoms with Crippen molar-refractivity contribution in [3.63, 3.8) is 0 Å². The number of rotatable bonds is 4. The molecule has 0 bridgehead atoms. The van der Waals surface area contributed by atoms with Gasteiger partial charge in [0.25, 0.3) is 0 Å². The number of carboxylic acids is 1. The van der Waals surface area contributed by atoms with Crippen LogP contribution in [0.3, 0.4) is 0 Å². The average Bonchev–Trinajstić information content (AvgIpc) is 2.71. The molecule has 0 fully saturated rings. The molecule has 2 rings (SSSR count). The summed E-state index contributed by atoms with van der Waals surface area (Å²) in [5, 5.41) is 9.07. The maximum absolute atomic E-state index is 11.0. The Labute approximate surface area is 101 Å². The van der Waals surface area contributed by atoms with Crippen LogP contribution in [0.1, 0.15) is 18.1 Å². The molecule has 1 atom stereocenters. The number of benzene rings is 1. The SMILES string of the molecule is COCc1ccc2c(c1)N(C(C)C(=O)O)CC2. The van der Waals surface area contributed by atoms with E-state index in [2.05, 4.69) is 6.07 Å². The Morgan fingerprint density at radius 3 is 3.00 bits per heavy atom. The van der Waals surface area contributed by atoms with Gasteiger partial charge in [0.2, 0.25) is 0 Å². The summed E-state index contributed by atoms with van der Waals surface area (Å²) < 4.78 is 5.10. The Morgan fingerprint density at radius 1 is 1.59 bits per heavy atom. The van der Waals surface area contributed by atoms with E-state index in [0.29, 0.717) is 6.61 Å². The van der Waals surface area contributed by atoms with Gasteiger partial charge in [-0.2, -0.15) is 0 Å². The van der Waals surface area contributed by atoms with Crippen molar-refractivity contribution in [2.75, 3.05) is 18.6 Å². The second-order valence-corrected chi connectivity index (χ2v) is 4.35. The molecule has 0 radical (unpaired) electrons. The summed E-state index contributed by atoms with van der Waals surface area (Å²) in [5.41, 5.74) is 3.34. The van der Waals surface area contributed by atoms with Crippen LogP contribution in [-0.2, 0) is 22.6 Å². The minimum atomic E-state index is -0.782. The van der Waals surface area contributed by atoms with E-state index in [1.807, 2.05) is 17.0 Å². The van der Waals surface area contributed by atoms with Crippen LogP contribution in [0.4, 0.5) is 5.69 Å². The number of hydrogen-bond donors (Lipinski definition) is 1. The molecule has 0 saturated heterocycles. The van der Waals surface area contributed by atoms with Gasteiger partial charge in [-0.05, 0) is 30.5 Å². The van der Waals surface area contributed by atoms with Gasteiger partial charge in [0.15, 0.2) is 0 Å². The first-order valence-electron chi connectivity index (χ1n) is 5.73. The number of carbonyl (C=O) groups is 1. The third-order valence-electron chi connectivity index (χ3n) is 3.22. The van der Waals surface area contributed by atoms with E-state index in [9.17, 15) is 4.79 Å². The number of methoxy groups -OCH3 is 1. The summed E-state index contributed by atoms with van der Waals surface area (Å²) in [4.78, 5) is 13.0. The number of aliphatic carboxylic acids is 1. The molecule has 0 amide bonds. The van der Waals surface area contributed by atoms with Crippen LogP contribution < -0.4 is 4.90 Å². The molecule has 0 spiro atoms. The monoisotopic (exact) mass is 235 g/mol. The highest BCUT2D eigenvalue weighted by molar-refractivity contribution is 5.79. The summed E-state index contributed by atoms with van der Waals surface area (Å²) in [5.74, 6) is -0.782. The molecule has 1 heterocycles. The van der Waals surface area contributed by atoms with Crippen molar-refractivity contribution in [3.8, 4) is 0 Å². The third kappa shape index (κ3) is 2.26. The quantitative estimate of drug-likeness (QED) is 0.862. The molecule has 1 aliphatic heterocycles. The largest absolute Gasteiger partial charge is 0.480 e. The van der Waals surface area contributed by atoms with Crippen LogP contribution >= 0.6 is 0 Å². The van der Waals surface area contributed by atoms with E-state index in [4.69, 9.17) is 9.84 Å². The van der Waals surface area contributed by atoms with Crippen molar-refractivity contribution in [3.05, 3.63) is 29.3 Å². The molecule has 1 aliphatic rings. The summed E-state index contributed by atoms with van der Waals surface area (Å²) in [7, 11) is 1.66. The molecule has 1 aromatic rings. The predicted molar refractivity (Wildman–Crippen MR) is 65.3 cm³/mol. The van der Waals surface area contributed by atoms with Crippen LogP contribution in [0, 0.1) is 0 Å². The molecule has 4 nitrogen and oxygen atoms in total. The lowest BCUT2D eigenvalue weighted by atomic mass is 10.1. The third-order valence-corrected chi connectivity index (χ3v) is 3.22. The highest BCUT2D eigenvalue weighted by atomic mass is 16.5. The van der Waals surface area contributed by atoms with Gasteiger partial charge >= 0.3 is 5.97 Å². The highest BCUT2D eigenvalue weighted by Gasteiger charge is 2.27. The fraction of sp³-hybridized carbons (Fsp3) is 0.462. The Balaban J connectivity index is 2.29. The summed E-state index contributed by atoms with van der Waals surface area (Å²) in [6.07, 6.45) is 0.917. The second-order valence-electron chi connectivity index (χ2n) is 4.35. The number of fused-ring (bicyclic) bond motifs is 1. The van der Waals surface area contributed by atoms with Crippen LogP contribution in [0.5, 0.6) is 0 Å². The molecular formula is C13H17NO3. The minimum absolute atomic E-state index is 0.478. The summed E-state index contributed by atoms with van der Waals surface area (Å²) in [6.45, 7) is 3.06. The van der Waals surface area contributed by atoms with Gasteiger partial charge in [-0.1, -0.05) is 12.1 Å². The second kappa shape index (κ2) is 4.75.